The smallest absolute Gasteiger partial charge is 0.219 e. The maximum Gasteiger partial charge on any atom is 0.219 e. The molecule has 1 aromatic heterocycles. The van der Waals surface area contributed by atoms with Gasteiger partial charge in [0.2, 0.25) is 5.88 Å². The number of aliphatic hydroxyl groups is 1. The Bertz CT molecular complexity index is 575. The third-order valence-corrected chi connectivity index (χ3v) is 2.76. The molecule has 18 heavy (non-hydrogen) atoms. The van der Waals surface area contributed by atoms with Gasteiger partial charge < -0.3 is 9.84 Å². The molecule has 0 bridgehead atoms. The molecule has 0 aliphatic rings. The van der Waals surface area contributed by atoms with Crippen LogP contribution in [0, 0.1) is 12.7 Å². The monoisotopic (exact) mass is 267 g/mol. The number of pyridine rings is 1. The van der Waals surface area contributed by atoms with Crippen molar-refractivity contribution in [3.63, 3.8) is 0 Å². The minimum Gasteiger partial charge on any atom is -0.439 e. The Labute approximate surface area is 109 Å². The average Bonchev–Trinajstić information content (AvgIpc) is 2.34. The molecule has 94 valence electrons. The lowest BCUT2D eigenvalue weighted by atomic mass is 10.2. The number of aryl methyl sites for hydroxylation is 1. The summed E-state index contributed by atoms with van der Waals surface area (Å²) >= 11 is 5.57. The SMILES string of the molecule is Cc1nc(Oc2ccc(Cl)c(F)c2)ccc1CO. The first kappa shape index (κ1) is 12.8. The molecule has 1 aromatic carbocycles. The first-order valence-corrected chi connectivity index (χ1v) is 5.68. The highest BCUT2D eigenvalue weighted by Crippen LogP contribution is 2.25. The number of halogens is 2. The van der Waals surface area contributed by atoms with E-state index in [-0.39, 0.29) is 11.6 Å². The van der Waals surface area contributed by atoms with Gasteiger partial charge >= 0.3 is 0 Å². The van der Waals surface area contributed by atoms with Crippen molar-refractivity contribution in [3.05, 3.63) is 52.4 Å². The van der Waals surface area contributed by atoms with Crippen molar-refractivity contribution < 1.29 is 14.2 Å². The lowest BCUT2D eigenvalue weighted by Crippen LogP contribution is -1.95. The highest BCUT2D eigenvalue weighted by molar-refractivity contribution is 6.30. The summed E-state index contributed by atoms with van der Waals surface area (Å²) in [6.45, 7) is 1.69. The Morgan fingerprint density at radius 1 is 1.33 bits per heavy atom. The van der Waals surface area contributed by atoms with E-state index in [1.807, 2.05) is 0 Å². The standard InChI is InChI=1S/C13H11ClFNO2/c1-8-9(7-17)2-5-13(16-8)18-10-3-4-11(14)12(15)6-10/h2-6,17H,7H2,1H3. The predicted octanol–water partition coefficient (Wildman–Crippen LogP) is 3.47. The molecule has 0 saturated heterocycles. The Kier molecular flexibility index (Phi) is 3.79. The van der Waals surface area contributed by atoms with Crippen molar-refractivity contribution in [1.29, 1.82) is 0 Å². The lowest BCUT2D eigenvalue weighted by molar-refractivity contribution is 0.280. The van der Waals surface area contributed by atoms with E-state index < -0.39 is 5.82 Å². The number of hydrogen-bond donors (Lipinski definition) is 1. The fraction of sp³-hybridized carbons (Fsp3) is 0.154. The largest absolute Gasteiger partial charge is 0.439 e. The number of hydrogen-bond acceptors (Lipinski definition) is 3. The topological polar surface area (TPSA) is 42.4 Å². The molecule has 0 aliphatic heterocycles. The molecule has 0 unspecified atom stereocenters. The Balaban J connectivity index is 2.23. The van der Waals surface area contributed by atoms with Crippen LogP contribution in [0.2, 0.25) is 5.02 Å². The molecule has 0 radical (unpaired) electrons. The summed E-state index contributed by atoms with van der Waals surface area (Å²) < 4.78 is 18.6. The fourth-order valence-electron chi connectivity index (χ4n) is 1.45. The lowest BCUT2D eigenvalue weighted by Gasteiger charge is -2.07. The van der Waals surface area contributed by atoms with Gasteiger partial charge in [-0.05, 0) is 30.7 Å². The number of rotatable bonds is 3. The minimum absolute atomic E-state index is 0.0436. The van der Waals surface area contributed by atoms with E-state index >= 15 is 0 Å². The van der Waals surface area contributed by atoms with E-state index in [4.69, 9.17) is 21.4 Å². The van der Waals surface area contributed by atoms with Gasteiger partial charge in [-0.3, -0.25) is 0 Å². The maximum atomic E-state index is 13.2. The van der Waals surface area contributed by atoms with Crippen LogP contribution in [0.25, 0.3) is 0 Å². The van der Waals surface area contributed by atoms with Crippen molar-refractivity contribution >= 4 is 11.6 Å². The zero-order valence-electron chi connectivity index (χ0n) is 9.65. The van der Waals surface area contributed by atoms with Crippen molar-refractivity contribution in [2.45, 2.75) is 13.5 Å². The molecular weight excluding hydrogens is 257 g/mol. The van der Waals surface area contributed by atoms with E-state index in [1.165, 1.54) is 12.1 Å². The van der Waals surface area contributed by atoms with E-state index in [1.54, 1.807) is 25.1 Å². The normalized spacial score (nSPS) is 10.4. The minimum atomic E-state index is -0.544. The van der Waals surface area contributed by atoms with Crippen LogP contribution in [0.5, 0.6) is 11.6 Å². The van der Waals surface area contributed by atoms with Crippen molar-refractivity contribution in [1.82, 2.24) is 4.98 Å². The molecule has 2 rings (SSSR count). The van der Waals surface area contributed by atoms with Crippen LogP contribution in [-0.2, 0) is 6.61 Å². The molecule has 0 fully saturated rings. The third-order valence-electron chi connectivity index (χ3n) is 2.45. The molecule has 1 heterocycles. The molecular formula is C13H11ClFNO2. The second-order valence-corrected chi connectivity index (χ2v) is 4.14. The van der Waals surface area contributed by atoms with Crippen LogP contribution in [0.3, 0.4) is 0 Å². The predicted molar refractivity (Wildman–Crippen MR) is 66.4 cm³/mol. The zero-order chi connectivity index (χ0) is 13.1. The Morgan fingerprint density at radius 2 is 2.11 bits per heavy atom. The van der Waals surface area contributed by atoms with Gasteiger partial charge in [0.15, 0.2) is 0 Å². The molecule has 5 heteroatoms. The Morgan fingerprint density at radius 3 is 2.72 bits per heavy atom. The number of nitrogens with zero attached hydrogens (tertiary/aromatic N) is 1. The van der Waals surface area contributed by atoms with Crippen LogP contribution >= 0.6 is 11.6 Å². The van der Waals surface area contributed by atoms with Crippen LogP contribution in [-0.4, -0.2) is 10.1 Å². The third kappa shape index (κ3) is 2.78. The number of benzene rings is 1. The van der Waals surface area contributed by atoms with Crippen LogP contribution in [0.1, 0.15) is 11.3 Å². The second kappa shape index (κ2) is 5.33. The molecule has 0 spiro atoms. The molecule has 2 aromatic rings. The van der Waals surface area contributed by atoms with Gasteiger partial charge in [-0.15, -0.1) is 0 Å². The van der Waals surface area contributed by atoms with Gasteiger partial charge in [0.1, 0.15) is 11.6 Å². The molecule has 1 N–H and O–H groups in total. The molecule has 0 amide bonds. The summed E-state index contributed by atoms with van der Waals surface area (Å²) in [7, 11) is 0. The van der Waals surface area contributed by atoms with Gasteiger partial charge in [0.05, 0.1) is 11.6 Å². The van der Waals surface area contributed by atoms with Crippen LogP contribution < -0.4 is 4.74 Å². The summed E-state index contributed by atoms with van der Waals surface area (Å²) in [6.07, 6.45) is 0. The van der Waals surface area contributed by atoms with Gasteiger partial charge in [-0.25, -0.2) is 9.37 Å². The summed E-state index contributed by atoms with van der Waals surface area (Å²) in [4.78, 5) is 4.15. The highest BCUT2D eigenvalue weighted by Gasteiger charge is 2.05. The molecule has 0 atom stereocenters. The summed E-state index contributed by atoms with van der Waals surface area (Å²) in [6, 6.07) is 7.50. The van der Waals surface area contributed by atoms with E-state index in [2.05, 4.69) is 4.98 Å². The number of ether oxygens (including phenoxy) is 1. The van der Waals surface area contributed by atoms with Crippen molar-refractivity contribution in [2.75, 3.05) is 0 Å². The van der Waals surface area contributed by atoms with E-state index in [9.17, 15) is 4.39 Å². The molecule has 3 nitrogen and oxygen atoms in total. The fourth-order valence-corrected chi connectivity index (χ4v) is 1.57. The highest BCUT2D eigenvalue weighted by atomic mass is 35.5. The first-order chi connectivity index (χ1) is 8.60. The van der Waals surface area contributed by atoms with E-state index in [0.29, 0.717) is 17.3 Å². The number of aliphatic hydroxyl groups excluding tert-OH is 1. The van der Waals surface area contributed by atoms with Crippen molar-refractivity contribution in [2.24, 2.45) is 0 Å². The van der Waals surface area contributed by atoms with Crippen LogP contribution in [0.15, 0.2) is 30.3 Å². The summed E-state index contributed by atoms with van der Waals surface area (Å²) in [5.74, 6) is 0.116. The first-order valence-electron chi connectivity index (χ1n) is 5.30. The zero-order valence-corrected chi connectivity index (χ0v) is 10.4. The van der Waals surface area contributed by atoms with Gasteiger partial charge in [-0.1, -0.05) is 11.6 Å². The molecule has 0 saturated carbocycles. The summed E-state index contributed by atoms with van der Waals surface area (Å²) in [5.41, 5.74) is 1.40. The van der Waals surface area contributed by atoms with Crippen molar-refractivity contribution in [3.8, 4) is 11.6 Å². The van der Waals surface area contributed by atoms with Gasteiger partial charge in [0.25, 0.3) is 0 Å². The van der Waals surface area contributed by atoms with E-state index in [0.717, 1.165) is 5.56 Å². The maximum absolute atomic E-state index is 13.2. The second-order valence-electron chi connectivity index (χ2n) is 3.73. The quantitative estimate of drug-likeness (QED) is 0.926. The van der Waals surface area contributed by atoms with Crippen LogP contribution in [0.4, 0.5) is 4.39 Å². The molecule has 0 aliphatic carbocycles. The number of aromatic nitrogens is 1. The van der Waals surface area contributed by atoms with Gasteiger partial charge in [0, 0.05) is 17.8 Å². The van der Waals surface area contributed by atoms with Gasteiger partial charge in [-0.2, -0.15) is 0 Å². The summed E-state index contributed by atoms with van der Waals surface area (Å²) in [5, 5.41) is 9.06. The Hall–Kier alpha value is -1.65. The average molecular weight is 268 g/mol.